The largest absolute Gasteiger partial charge is 0.341 e. The summed E-state index contributed by atoms with van der Waals surface area (Å²) in [5, 5.41) is 12.8. The van der Waals surface area contributed by atoms with Gasteiger partial charge in [-0.2, -0.15) is 0 Å². The Morgan fingerprint density at radius 2 is 1.81 bits per heavy atom. The Bertz CT molecular complexity index is 829. The zero-order valence-corrected chi connectivity index (χ0v) is 17.1. The molecule has 0 atom stereocenters. The molecule has 1 saturated carbocycles. The van der Waals surface area contributed by atoms with Crippen LogP contribution in [0.25, 0.3) is 0 Å². The van der Waals surface area contributed by atoms with Crippen molar-refractivity contribution in [3.63, 3.8) is 0 Å². The third-order valence-electron chi connectivity index (χ3n) is 5.22. The Morgan fingerprint density at radius 3 is 2.44 bits per heavy atom. The second-order valence-electron chi connectivity index (χ2n) is 7.69. The molecule has 144 valence electrons. The lowest BCUT2D eigenvalue weighted by Gasteiger charge is -2.18. The summed E-state index contributed by atoms with van der Waals surface area (Å²) in [7, 11) is 0. The fraction of sp³-hybridized carbons (Fsp3) is 0.550. The van der Waals surface area contributed by atoms with Gasteiger partial charge in [0.1, 0.15) is 0 Å². The molecule has 1 N–H and O–H groups in total. The molecule has 2 fully saturated rings. The molecule has 2 aliphatic rings. The number of nitrogens with one attached hydrogen (secondary N) is 1. The Balaban J connectivity index is 1.44. The molecule has 2 heterocycles. The van der Waals surface area contributed by atoms with Crippen LogP contribution < -0.4 is 10.2 Å². The van der Waals surface area contributed by atoms with Crippen LogP contribution in [0.2, 0.25) is 0 Å². The molecule has 2 aromatic rings. The molecular weight excluding hydrogens is 358 g/mol. The van der Waals surface area contributed by atoms with Gasteiger partial charge in [-0.3, -0.25) is 9.36 Å². The number of amides is 1. The minimum Gasteiger partial charge on any atom is -0.341 e. The van der Waals surface area contributed by atoms with E-state index >= 15 is 0 Å². The van der Waals surface area contributed by atoms with E-state index in [-0.39, 0.29) is 5.91 Å². The maximum Gasteiger partial charge on any atom is 0.234 e. The number of hydrogen-bond acceptors (Lipinski definition) is 5. The number of benzene rings is 1. The Hall–Kier alpha value is -2.02. The van der Waals surface area contributed by atoms with Gasteiger partial charge >= 0.3 is 0 Å². The molecule has 1 aromatic heterocycles. The van der Waals surface area contributed by atoms with E-state index in [1.54, 1.807) is 0 Å². The van der Waals surface area contributed by atoms with Crippen LogP contribution in [0.15, 0.2) is 17.3 Å². The van der Waals surface area contributed by atoms with Gasteiger partial charge in [-0.05, 0) is 57.6 Å². The molecule has 27 heavy (non-hydrogen) atoms. The summed E-state index contributed by atoms with van der Waals surface area (Å²) >= 11 is 1.49. The van der Waals surface area contributed by atoms with Crippen molar-refractivity contribution in [2.24, 2.45) is 0 Å². The summed E-state index contributed by atoms with van der Waals surface area (Å²) in [6.45, 7) is 8.26. The average molecular weight is 386 g/mol. The quantitative estimate of drug-likeness (QED) is 0.765. The van der Waals surface area contributed by atoms with Crippen LogP contribution in [0.1, 0.15) is 48.4 Å². The van der Waals surface area contributed by atoms with Gasteiger partial charge in [0.25, 0.3) is 0 Å². The van der Waals surface area contributed by atoms with Gasteiger partial charge < -0.3 is 10.2 Å². The number of carbonyl (C=O) groups excluding carboxylic acids is 1. The Labute approximate surface area is 164 Å². The predicted octanol–water partition coefficient (Wildman–Crippen LogP) is 3.87. The molecule has 7 heteroatoms. The zero-order chi connectivity index (χ0) is 19.0. The van der Waals surface area contributed by atoms with Crippen molar-refractivity contribution in [1.29, 1.82) is 0 Å². The van der Waals surface area contributed by atoms with E-state index in [0.717, 1.165) is 41.0 Å². The standard InChI is InChI=1S/C20H27N5OS/c1-13-10-14(2)18(15(3)11-13)21-17(26)12-27-20-23-22-19(24-8-4-5-9-24)25(20)16-6-7-16/h10-11,16H,4-9,12H2,1-3H3,(H,21,26). The highest BCUT2D eigenvalue weighted by molar-refractivity contribution is 7.99. The van der Waals surface area contributed by atoms with Crippen molar-refractivity contribution in [3.8, 4) is 0 Å². The Morgan fingerprint density at radius 1 is 1.15 bits per heavy atom. The van der Waals surface area contributed by atoms with Crippen LogP contribution in [0, 0.1) is 20.8 Å². The number of nitrogens with zero attached hydrogens (tertiary/aromatic N) is 4. The van der Waals surface area contributed by atoms with Gasteiger partial charge in [0.15, 0.2) is 5.16 Å². The second kappa shape index (κ2) is 7.54. The summed E-state index contributed by atoms with van der Waals surface area (Å²) in [5.74, 6) is 1.34. The maximum atomic E-state index is 12.5. The number of hydrogen-bond donors (Lipinski definition) is 1. The monoisotopic (exact) mass is 385 g/mol. The molecule has 1 aliphatic carbocycles. The lowest BCUT2D eigenvalue weighted by Crippen LogP contribution is -2.22. The van der Waals surface area contributed by atoms with Gasteiger partial charge in [-0.25, -0.2) is 0 Å². The minimum absolute atomic E-state index is 0.00289. The zero-order valence-electron chi connectivity index (χ0n) is 16.3. The van der Waals surface area contributed by atoms with E-state index < -0.39 is 0 Å². The first-order valence-corrected chi connectivity index (χ1v) is 10.7. The van der Waals surface area contributed by atoms with E-state index in [1.165, 1.54) is 43.0 Å². The number of thioether (sulfide) groups is 1. The molecular formula is C20H27N5OS. The van der Waals surface area contributed by atoms with E-state index in [1.807, 2.05) is 13.8 Å². The number of carbonyl (C=O) groups is 1. The van der Waals surface area contributed by atoms with Gasteiger partial charge in [-0.1, -0.05) is 29.5 Å². The fourth-order valence-electron chi connectivity index (χ4n) is 3.84. The van der Waals surface area contributed by atoms with Crippen LogP contribution in [0.4, 0.5) is 11.6 Å². The highest BCUT2D eigenvalue weighted by atomic mass is 32.2. The van der Waals surface area contributed by atoms with Crippen LogP contribution in [-0.4, -0.2) is 39.5 Å². The first kappa shape index (κ1) is 18.3. The average Bonchev–Trinajstić information content (AvgIpc) is 3.15. The van der Waals surface area contributed by atoms with Gasteiger partial charge in [0.05, 0.1) is 5.75 Å². The molecule has 0 spiro atoms. The third-order valence-corrected chi connectivity index (χ3v) is 6.16. The molecule has 1 amide bonds. The van der Waals surface area contributed by atoms with Crippen LogP contribution >= 0.6 is 11.8 Å². The van der Waals surface area contributed by atoms with E-state index in [4.69, 9.17) is 0 Å². The van der Waals surface area contributed by atoms with Crippen molar-refractivity contribution in [3.05, 3.63) is 28.8 Å². The summed E-state index contributed by atoms with van der Waals surface area (Å²) < 4.78 is 2.26. The number of anilines is 2. The molecule has 1 aromatic carbocycles. The van der Waals surface area contributed by atoms with Gasteiger partial charge in [0, 0.05) is 24.8 Å². The molecule has 0 bridgehead atoms. The Kier molecular flexibility index (Phi) is 5.12. The first-order chi connectivity index (χ1) is 13.0. The second-order valence-corrected chi connectivity index (χ2v) is 8.63. The number of rotatable bonds is 6. The van der Waals surface area contributed by atoms with Crippen LogP contribution in [0.5, 0.6) is 0 Å². The minimum atomic E-state index is 0.00289. The third kappa shape index (κ3) is 3.98. The lowest BCUT2D eigenvalue weighted by atomic mass is 10.1. The van der Waals surface area contributed by atoms with Crippen molar-refractivity contribution in [2.75, 3.05) is 29.1 Å². The summed E-state index contributed by atoms with van der Waals surface area (Å²) in [6.07, 6.45) is 4.80. The van der Waals surface area contributed by atoms with Crippen molar-refractivity contribution in [1.82, 2.24) is 14.8 Å². The van der Waals surface area contributed by atoms with E-state index in [2.05, 4.69) is 44.0 Å². The van der Waals surface area contributed by atoms with Crippen molar-refractivity contribution >= 4 is 29.3 Å². The number of aryl methyl sites for hydroxylation is 3. The van der Waals surface area contributed by atoms with E-state index in [0.29, 0.717) is 11.8 Å². The number of aromatic nitrogens is 3. The topological polar surface area (TPSA) is 63.1 Å². The van der Waals surface area contributed by atoms with Gasteiger partial charge in [-0.15, -0.1) is 10.2 Å². The van der Waals surface area contributed by atoms with Crippen LogP contribution in [0.3, 0.4) is 0 Å². The summed E-state index contributed by atoms with van der Waals surface area (Å²) in [6, 6.07) is 4.70. The molecule has 6 nitrogen and oxygen atoms in total. The summed E-state index contributed by atoms with van der Waals surface area (Å²) in [4.78, 5) is 14.9. The van der Waals surface area contributed by atoms with Crippen molar-refractivity contribution < 1.29 is 4.79 Å². The molecule has 1 aliphatic heterocycles. The first-order valence-electron chi connectivity index (χ1n) is 9.73. The molecule has 0 radical (unpaired) electrons. The smallest absolute Gasteiger partial charge is 0.234 e. The van der Waals surface area contributed by atoms with Gasteiger partial charge in [0.2, 0.25) is 11.9 Å². The molecule has 0 unspecified atom stereocenters. The molecule has 4 rings (SSSR count). The normalized spacial score (nSPS) is 16.8. The van der Waals surface area contributed by atoms with Crippen molar-refractivity contribution in [2.45, 2.75) is 57.7 Å². The maximum absolute atomic E-state index is 12.5. The predicted molar refractivity (Wildman–Crippen MR) is 110 cm³/mol. The SMILES string of the molecule is Cc1cc(C)c(NC(=O)CSc2nnc(N3CCCC3)n2C2CC2)c(C)c1. The lowest BCUT2D eigenvalue weighted by molar-refractivity contribution is -0.113. The summed E-state index contributed by atoms with van der Waals surface area (Å²) in [5.41, 5.74) is 4.34. The highest BCUT2D eigenvalue weighted by Crippen LogP contribution is 2.41. The van der Waals surface area contributed by atoms with E-state index in [9.17, 15) is 4.79 Å². The molecule has 1 saturated heterocycles. The van der Waals surface area contributed by atoms with Crippen LogP contribution in [-0.2, 0) is 4.79 Å². The fourth-order valence-corrected chi connectivity index (χ4v) is 4.64. The highest BCUT2D eigenvalue weighted by Gasteiger charge is 2.32.